The summed E-state index contributed by atoms with van der Waals surface area (Å²) >= 11 is 7.46. The summed E-state index contributed by atoms with van der Waals surface area (Å²) in [7, 11) is 0. The van der Waals surface area contributed by atoms with Crippen LogP contribution in [0.5, 0.6) is 0 Å². The standard InChI is InChI=1S/C16H13ClN2O4S/c1-8-7-12(19-23-8)18-15(20)9(2)22-16(21)14-13(17)10-5-3-4-6-11(10)24-14/h3-7,9H,1-2H3,(H,18,19,20). The van der Waals surface area contributed by atoms with Crippen LogP contribution in [0.3, 0.4) is 0 Å². The summed E-state index contributed by atoms with van der Waals surface area (Å²) in [6.45, 7) is 3.18. The highest BCUT2D eigenvalue weighted by Gasteiger charge is 2.24. The van der Waals surface area contributed by atoms with Gasteiger partial charge in [0.15, 0.2) is 11.9 Å². The Balaban J connectivity index is 1.71. The second kappa shape index (κ2) is 6.62. The van der Waals surface area contributed by atoms with Gasteiger partial charge in [-0.15, -0.1) is 11.3 Å². The minimum atomic E-state index is -1.00. The van der Waals surface area contributed by atoms with E-state index in [-0.39, 0.29) is 10.7 Å². The first-order valence-corrected chi connectivity index (χ1v) is 8.27. The zero-order chi connectivity index (χ0) is 17.3. The third-order valence-corrected chi connectivity index (χ3v) is 4.91. The van der Waals surface area contributed by atoms with E-state index in [9.17, 15) is 9.59 Å². The van der Waals surface area contributed by atoms with Gasteiger partial charge in [-0.25, -0.2) is 4.79 Å². The lowest BCUT2D eigenvalue weighted by molar-refractivity contribution is -0.123. The molecule has 1 amide bonds. The number of carbonyl (C=O) groups excluding carboxylic acids is 2. The van der Waals surface area contributed by atoms with Crippen LogP contribution in [-0.4, -0.2) is 23.1 Å². The Morgan fingerprint density at radius 3 is 2.79 bits per heavy atom. The van der Waals surface area contributed by atoms with Gasteiger partial charge < -0.3 is 14.6 Å². The van der Waals surface area contributed by atoms with Gasteiger partial charge in [0.25, 0.3) is 5.91 Å². The minimum Gasteiger partial charge on any atom is -0.448 e. The molecule has 124 valence electrons. The second-order valence-electron chi connectivity index (χ2n) is 5.10. The molecule has 24 heavy (non-hydrogen) atoms. The summed E-state index contributed by atoms with van der Waals surface area (Å²) in [5, 5.41) is 7.28. The minimum absolute atomic E-state index is 0.264. The van der Waals surface area contributed by atoms with Crippen molar-refractivity contribution in [3.05, 3.63) is 46.0 Å². The Bertz CT molecular complexity index is 918. The third-order valence-electron chi connectivity index (χ3n) is 3.25. The highest BCUT2D eigenvalue weighted by atomic mass is 35.5. The van der Waals surface area contributed by atoms with Gasteiger partial charge in [-0.1, -0.05) is 35.0 Å². The van der Waals surface area contributed by atoms with E-state index in [4.69, 9.17) is 20.9 Å². The maximum atomic E-state index is 12.3. The SMILES string of the molecule is Cc1cc(NC(=O)C(C)OC(=O)c2sc3ccccc3c2Cl)no1. The molecule has 3 rings (SSSR count). The van der Waals surface area contributed by atoms with Gasteiger partial charge in [-0.2, -0.15) is 0 Å². The lowest BCUT2D eigenvalue weighted by atomic mass is 10.2. The number of benzene rings is 1. The average Bonchev–Trinajstić information content (AvgIpc) is 3.11. The van der Waals surface area contributed by atoms with Crippen molar-refractivity contribution in [2.24, 2.45) is 0 Å². The molecular weight excluding hydrogens is 352 g/mol. The van der Waals surface area contributed by atoms with E-state index >= 15 is 0 Å². The fraction of sp³-hybridized carbons (Fsp3) is 0.188. The Morgan fingerprint density at radius 1 is 1.38 bits per heavy atom. The van der Waals surface area contributed by atoms with Gasteiger partial charge in [-0.05, 0) is 19.9 Å². The van der Waals surface area contributed by atoms with E-state index in [2.05, 4.69) is 10.5 Å². The first-order chi connectivity index (χ1) is 11.5. The number of thiophene rings is 1. The number of hydrogen-bond acceptors (Lipinski definition) is 6. The molecule has 8 heteroatoms. The van der Waals surface area contributed by atoms with Crippen molar-refractivity contribution in [1.82, 2.24) is 5.16 Å². The molecule has 0 spiro atoms. The Labute approximate surface area is 146 Å². The Hall–Kier alpha value is -2.38. The number of fused-ring (bicyclic) bond motifs is 1. The van der Waals surface area contributed by atoms with Gasteiger partial charge in [-0.3, -0.25) is 4.79 Å². The van der Waals surface area contributed by atoms with Crippen molar-refractivity contribution in [3.63, 3.8) is 0 Å². The largest absolute Gasteiger partial charge is 0.448 e. The zero-order valence-electron chi connectivity index (χ0n) is 12.8. The van der Waals surface area contributed by atoms with Crippen molar-refractivity contribution >= 4 is 50.7 Å². The Morgan fingerprint density at radius 2 is 2.12 bits per heavy atom. The van der Waals surface area contributed by atoms with Gasteiger partial charge >= 0.3 is 5.97 Å². The lowest BCUT2D eigenvalue weighted by Crippen LogP contribution is -2.29. The van der Waals surface area contributed by atoms with E-state index in [0.29, 0.717) is 10.8 Å². The maximum absolute atomic E-state index is 12.3. The van der Waals surface area contributed by atoms with Crippen LogP contribution in [-0.2, 0) is 9.53 Å². The van der Waals surface area contributed by atoms with Crippen LogP contribution in [0.25, 0.3) is 10.1 Å². The second-order valence-corrected chi connectivity index (χ2v) is 6.53. The number of amides is 1. The van der Waals surface area contributed by atoms with Crippen molar-refractivity contribution in [1.29, 1.82) is 0 Å². The first kappa shape index (κ1) is 16.5. The number of nitrogens with one attached hydrogen (secondary N) is 1. The molecule has 1 aromatic carbocycles. The van der Waals surface area contributed by atoms with Crippen LogP contribution in [0.2, 0.25) is 5.02 Å². The molecule has 1 atom stereocenters. The summed E-state index contributed by atoms with van der Waals surface area (Å²) in [6.07, 6.45) is -1.00. The fourth-order valence-electron chi connectivity index (χ4n) is 2.07. The first-order valence-electron chi connectivity index (χ1n) is 7.08. The van der Waals surface area contributed by atoms with Crippen LogP contribution in [0.4, 0.5) is 5.82 Å². The van der Waals surface area contributed by atoms with Gasteiger partial charge in [0.2, 0.25) is 0 Å². The van der Waals surface area contributed by atoms with E-state index in [1.807, 2.05) is 24.3 Å². The van der Waals surface area contributed by atoms with Crippen LogP contribution in [0.1, 0.15) is 22.4 Å². The molecule has 0 aliphatic rings. The summed E-state index contributed by atoms with van der Waals surface area (Å²) < 4.78 is 10.9. The summed E-state index contributed by atoms with van der Waals surface area (Å²) in [6, 6.07) is 8.96. The number of carbonyl (C=O) groups is 2. The predicted octanol–water partition coefficient (Wildman–Crippen LogP) is 4.04. The fourth-order valence-corrected chi connectivity index (χ4v) is 3.46. The summed E-state index contributed by atoms with van der Waals surface area (Å²) in [5.74, 6) is -0.318. The molecule has 0 saturated carbocycles. The van der Waals surface area contributed by atoms with Crippen LogP contribution in [0, 0.1) is 6.92 Å². The quantitative estimate of drug-likeness (QED) is 0.706. The molecule has 3 aromatic rings. The summed E-state index contributed by atoms with van der Waals surface area (Å²) in [5.41, 5.74) is 0. The number of hydrogen-bond donors (Lipinski definition) is 1. The molecule has 0 fully saturated rings. The van der Waals surface area contributed by atoms with Crippen molar-refractivity contribution in [3.8, 4) is 0 Å². The van der Waals surface area contributed by atoms with Crippen LogP contribution in [0.15, 0.2) is 34.9 Å². The Kier molecular flexibility index (Phi) is 4.55. The monoisotopic (exact) mass is 364 g/mol. The van der Waals surface area contributed by atoms with Gasteiger partial charge in [0.1, 0.15) is 10.6 Å². The predicted molar refractivity (Wildman–Crippen MR) is 91.6 cm³/mol. The number of nitrogens with zero attached hydrogens (tertiary/aromatic N) is 1. The number of aromatic nitrogens is 1. The van der Waals surface area contributed by atoms with Crippen molar-refractivity contribution < 1.29 is 18.8 Å². The third kappa shape index (κ3) is 3.27. The lowest BCUT2D eigenvalue weighted by Gasteiger charge is -2.11. The molecule has 2 aromatic heterocycles. The summed E-state index contributed by atoms with van der Waals surface area (Å²) in [4.78, 5) is 24.6. The van der Waals surface area contributed by atoms with Crippen molar-refractivity contribution in [2.45, 2.75) is 20.0 Å². The molecule has 1 unspecified atom stereocenters. The van der Waals surface area contributed by atoms with Crippen molar-refractivity contribution in [2.75, 3.05) is 5.32 Å². The molecule has 6 nitrogen and oxygen atoms in total. The molecule has 0 saturated heterocycles. The van der Waals surface area contributed by atoms with Crippen LogP contribution >= 0.6 is 22.9 Å². The number of ether oxygens (including phenoxy) is 1. The van der Waals surface area contributed by atoms with E-state index < -0.39 is 18.0 Å². The van der Waals surface area contributed by atoms with E-state index in [1.165, 1.54) is 18.3 Å². The number of esters is 1. The number of aryl methyl sites for hydroxylation is 1. The van der Waals surface area contributed by atoms with E-state index in [0.717, 1.165) is 10.1 Å². The average molecular weight is 365 g/mol. The number of rotatable bonds is 4. The number of anilines is 1. The molecule has 0 bridgehead atoms. The topological polar surface area (TPSA) is 81.4 Å². The molecule has 0 aliphatic heterocycles. The highest BCUT2D eigenvalue weighted by Crippen LogP contribution is 2.35. The van der Waals surface area contributed by atoms with Gasteiger partial charge in [0, 0.05) is 16.2 Å². The van der Waals surface area contributed by atoms with Gasteiger partial charge in [0.05, 0.1) is 5.02 Å². The highest BCUT2D eigenvalue weighted by molar-refractivity contribution is 7.21. The van der Waals surface area contributed by atoms with E-state index in [1.54, 1.807) is 13.0 Å². The molecular formula is C16H13ClN2O4S. The molecule has 0 aliphatic carbocycles. The molecule has 0 radical (unpaired) electrons. The van der Waals surface area contributed by atoms with Crippen LogP contribution < -0.4 is 5.32 Å². The molecule has 2 heterocycles. The maximum Gasteiger partial charge on any atom is 0.350 e. The molecule has 1 N–H and O–H groups in total. The number of halogens is 1. The smallest absolute Gasteiger partial charge is 0.350 e. The normalized spacial score (nSPS) is 12.1. The zero-order valence-corrected chi connectivity index (χ0v) is 14.4.